The number of anilines is 2. The fraction of sp³-hybridized carbons (Fsp3) is 0.261. The molecule has 3 aromatic heterocycles. The molecule has 5 rings (SSSR count). The molecule has 31 heavy (non-hydrogen) atoms. The summed E-state index contributed by atoms with van der Waals surface area (Å²) < 4.78 is 1.81. The van der Waals surface area contributed by atoms with E-state index in [1.165, 1.54) is 0 Å². The van der Waals surface area contributed by atoms with Crippen LogP contribution in [0.3, 0.4) is 0 Å². The molecule has 1 fully saturated rings. The van der Waals surface area contributed by atoms with Gasteiger partial charge >= 0.3 is 0 Å². The van der Waals surface area contributed by atoms with E-state index in [4.69, 9.17) is 15.3 Å². The van der Waals surface area contributed by atoms with Crippen LogP contribution in [0.15, 0.2) is 55.0 Å². The van der Waals surface area contributed by atoms with Crippen LogP contribution in [0.5, 0.6) is 0 Å². The van der Waals surface area contributed by atoms with Gasteiger partial charge < -0.3 is 5.32 Å². The summed E-state index contributed by atoms with van der Waals surface area (Å²) in [5.41, 5.74) is 4.27. The van der Waals surface area contributed by atoms with Gasteiger partial charge in [0.25, 0.3) is 5.95 Å². The Hall–Kier alpha value is -3.83. The SMILES string of the molecule is Cc1cc(N(c2nc3c(-c4ccc(C#N)cc4)cccn3n2)C2CCNCC2)ncn1. The second-order valence-corrected chi connectivity index (χ2v) is 7.66. The van der Waals surface area contributed by atoms with E-state index < -0.39 is 0 Å². The highest BCUT2D eigenvalue weighted by atomic mass is 15.4. The lowest BCUT2D eigenvalue weighted by atomic mass is 10.0. The first-order chi connectivity index (χ1) is 15.2. The molecule has 4 aromatic rings. The van der Waals surface area contributed by atoms with E-state index in [0.29, 0.717) is 11.5 Å². The lowest BCUT2D eigenvalue weighted by molar-refractivity contribution is 0.447. The number of nitriles is 1. The Labute approximate surface area is 180 Å². The average Bonchev–Trinajstić information content (AvgIpc) is 3.24. The zero-order valence-corrected chi connectivity index (χ0v) is 17.2. The fourth-order valence-electron chi connectivity index (χ4n) is 4.04. The Morgan fingerprint density at radius 3 is 2.68 bits per heavy atom. The summed E-state index contributed by atoms with van der Waals surface area (Å²) in [7, 11) is 0. The Balaban J connectivity index is 1.62. The minimum Gasteiger partial charge on any atom is -0.317 e. The number of fused-ring (bicyclic) bond motifs is 1. The molecule has 0 unspecified atom stereocenters. The van der Waals surface area contributed by atoms with Gasteiger partial charge in [-0.25, -0.2) is 14.5 Å². The lowest BCUT2D eigenvalue weighted by Crippen LogP contribution is -2.41. The smallest absolute Gasteiger partial charge is 0.251 e. The maximum Gasteiger partial charge on any atom is 0.251 e. The quantitative estimate of drug-likeness (QED) is 0.552. The van der Waals surface area contributed by atoms with Gasteiger partial charge in [-0.3, -0.25) is 4.90 Å². The van der Waals surface area contributed by atoms with Gasteiger partial charge in [0.05, 0.1) is 11.6 Å². The number of piperidine rings is 1. The number of pyridine rings is 1. The monoisotopic (exact) mass is 410 g/mol. The van der Waals surface area contributed by atoms with Crippen LogP contribution in [0.25, 0.3) is 16.8 Å². The second kappa shape index (κ2) is 8.13. The van der Waals surface area contributed by atoms with Crippen molar-refractivity contribution >= 4 is 17.4 Å². The van der Waals surface area contributed by atoms with Crippen molar-refractivity contribution in [3.05, 3.63) is 66.2 Å². The molecule has 0 spiro atoms. The largest absolute Gasteiger partial charge is 0.317 e. The molecule has 1 N–H and O–H groups in total. The first-order valence-electron chi connectivity index (χ1n) is 10.4. The van der Waals surface area contributed by atoms with Crippen LogP contribution < -0.4 is 10.2 Å². The zero-order valence-electron chi connectivity index (χ0n) is 17.2. The minimum absolute atomic E-state index is 0.256. The van der Waals surface area contributed by atoms with Gasteiger partial charge in [0.2, 0.25) is 0 Å². The molecule has 8 heteroatoms. The van der Waals surface area contributed by atoms with Crippen LogP contribution in [0.1, 0.15) is 24.1 Å². The van der Waals surface area contributed by atoms with Crippen LogP contribution in [0, 0.1) is 18.3 Å². The molecule has 1 aliphatic rings. The van der Waals surface area contributed by atoms with Gasteiger partial charge in [-0.05, 0) is 62.7 Å². The highest BCUT2D eigenvalue weighted by Gasteiger charge is 2.27. The first-order valence-corrected chi connectivity index (χ1v) is 10.4. The van der Waals surface area contributed by atoms with E-state index in [0.717, 1.165) is 54.2 Å². The third-order valence-electron chi connectivity index (χ3n) is 5.60. The summed E-state index contributed by atoms with van der Waals surface area (Å²) in [6.07, 6.45) is 5.48. The highest BCUT2D eigenvalue weighted by Crippen LogP contribution is 2.30. The van der Waals surface area contributed by atoms with Crippen molar-refractivity contribution in [3.63, 3.8) is 0 Å². The van der Waals surface area contributed by atoms with E-state index in [1.807, 2.05) is 60.1 Å². The van der Waals surface area contributed by atoms with Crippen molar-refractivity contribution in [2.45, 2.75) is 25.8 Å². The molecule has 0 bridgehead atoms. The van der Waals surface area contributed by atoms with Gasteiger partial charge in [-0.2, -0.15) is 10.2 Å². The molecule has 1 saturated heterocycles. The average molecular weight is 410 g/mol. The zero-order chi connectivity index (χ0) is 21.2. The van der Waals surface area contributed by atoms with Crippen molar-refractivity contribution in [2.75, 3.05) is 18.0 Å². The predicted molar refractivity (Wildman–Crippen MR) is 118 cm³/mol. The highest BCUT2D eigenvalue weighted by molar-refractivity contribution is 5.78. The standard InChI is InChI=1S/C23H22N8/c1-16-13-21(27-15-26-16)31(19-8-10-25-11-9-19)23-28-22-20(3-2-12-30(22)29-23)18-6-4-17(14-24)5-7-18/h2-7,12-13,15,19,25H,8-11H2,1H3. The van der Waals surface area contributed by atoms with E-state index >= 15 is 0 Å². The van der Waals surface area contributed by atoms with Crippen LogP contribution in [-0.4, -0.2) is 43.7 Å². The Bertz CT molecular complexity index is 1250. The summed E-state index contributed by atoms with van der Waals surface area (Å²) in [6, 6.07) is 15.9. The van der Waals surface area contributed by atoms with Gasteiger partial charge in [-0.15, -0.1) is 5.10 Å². The van der Waals surface area contributed by atoms with Crippen LogP contribution in [0.4, 0.5) is 11.8 Å². The van der Waals surface area contributed by atoms with Crippen molar-refractivity contribution in [2.24, 2.45) is 0 Å². The molecule has 0 aliphatic carbocycles. The van der Waals surface area contributed by atoms with Crippen molar-refractivity contribution in [1.29, 1.82) is 5.26 Å². The molecular weight excluding hydrogens is 388 g/mol. The Morgan fingerprint density at radius 1 is 1.13 bits per heavy atom. The number of hydrogen-bond donors (Lipinski definition) is 1. The summed E-state index contributed by atoms with van der Waals surface area (Å²) in [6.45, 7) is 3.87. The number of aromatic nitrogens is 5. The molecule has 0 saturated carbocycles. The van der Waals surface area contributed by atoms with Crippen LogP contribution in [-0.2, 0) is 0 Å². The van der Waals surface area contributed by atoms with E-state index in [1.54, 1.807) is 6.33 Å². The van der Waals surface area contributed by atoms with E-state index in [-0.39, 0.29) is 6.04 Å². The maximum atomic E-state index is 9.09. The van der Waals surface area contributed by atoms with Gasteiger partial charge in [0, 0.05) is 29.6 Å². The molecule has 1 aliphatic heterocycles. The number of aryl methyl sites for hydroxylation is 1. The first kappa shape index (κ1) is 19.2. The number of hydrogen-bond acceptors (Lipinski definition) is 7. The fourth-order valence-corrected chi connectivity index (χ4v) is 4.04. The topological polar surface area (TPSA) is 95.0 Å². The number of rotatable bonds is 4. The molecule has 154 valence electrons. The molecular formula is C23H22N8. The summed E-state index contributed by atoms with van der Waals surface area (Å²) in [5, 5.41) is 17.3. The number of benzene rings is 1. The second-order valence-electron chi connectivity index (χ2n) is 7.66. The number of nitrogens with zero attached hydrogens (tertiary/aromatic N) is 7. The molecule has 1 aromatic carbocycles. The lowest BCUT2D eigenvalue weighted by Gasteiger charge is -2.33. The third kappa shape index (κ3) is 3.71. The maximum absolute atomic E-state index is 9.09. The van der Waals surface area contributed by atoms with Crippen LogP contribution >= 0.6 is 0 Å². The van der Waals surface area contributed by atoms with Gasteiger partial charge in [0.1, 0.15) is 12.1 Å². The predicted octanol–water partition coefficient (Wildman–Crippen LogP) is 3.26. The van der Waals surface area contributed by atoms with Crippen LogP contribution in [0.2, 0.25) is 0 Å². The van der Waals surface area contributed by atoms with E-state index in [9.17, 15) is 0 Å². The molecule has 0 radical (unpaired) electrons. The van der Waals surface area contributed by atoms with E-state index in [2.05, 4.69) is 26.3 Å². The Morgan fingerprint density at radius 2 is 1.94 bits per heavy atom. The molecule has 0 amide bonds. The molecule has 4 heterocycles. The van der Waals surface area contributed by atoms with Crippen molar-refractivity contribution < 1.29 is 0 Å². The summed E-state index contributed by atoms with van der Waals surface area (Å²) in [5.74, 6) is 1.45. The Kier molecular flexibility index (Phi) is 5.02. The third-order valence-corrected chi connectivity index (χ3v) is 5.60. The normalized spacial score (nSPS) is 14.5. The summed E-state index contributed by atoms with van der Waals surface area (Å²) >= 11 is 0. The molecule has 8 nitrogen and oxygen atoms in total. The summed E-state index contributed by atoms with van der Waals surface area (Å²) in [4.78, 5) is 15.9. The van der Waals surface area contributed by atoms with Crippen molar-refractivity contribution in [1.82, 2.24) is 29.9 Å². The van der Waals surface area contributed by atoms with Gasteiger partial charge in [-0.1, -0.05) is 12.1 Å². The van der Waals surface area contributed by atoms with Crippen molar-refractivity contribution in [3.8, 4) is 17.2 Å². The minimum atomic E-state index is 0.256. The molecule has 0 atom stereocenters. The number of nitrogens with one attached hydrogen (secondary N) is 1. The van der Waals surface area contributed by atoms with Gasteiger partial charge in [0.15, 0.2) is 5.65 Å².